The lowest BCUT2D eigenvalue weighted by Crippen LogP contribution is -2.06. The topological polar surface area (TPSA) is 0 Å². The van der Waals surface area contributed by atoms with Crippen molar-refractivity contribution in [2.75, 3.05) is 5.88 Å². The normalized spacial score (nSPS) is 12.4. The van der Waals surface area contributed by atoms with Gasteiger partial charge in [-0.1, -0.05) is 46.3 Å². The van der Waals surface area contributed by atoms with E-state index in [2.05, 4.69) is 31.9 Å². The van der Waals surface area contributed by atoms with Crippen LogP contribution in [-0.2, 0) is 6.42 Å². The Labute approximate surface area is 134 Å². The Morgan fingerprint density at radius 1 is 1.05 bits per heavy atom. The minimum atomic E-state index is -0.238. The zero-order chi connectivity index (χ0) is 13.8. The lowest BCUT2D eigenvalue weighted by Gasteiger charge is -2.17. The Morgan fingerprint density at radius 3 is 2.47 bits per heavy atom. The van der Waals surface area contributed by atoms with Crippen molar-refractivity contribution in [2.45, 2.75) is 12.3 Å². The van der Waals surface area contributed by atoms with Crippen LogP contribution in [0.15, 0.2) is 51.4 Å². The third-order valence-corrected chi connectivity index (χ3v) is 5.01. The predicted molar refractivity (Wildman–Crippen MR) is 85.4 cm³/mol. The Balaban J connectivity index is 2.30. The molecule has 0 aliphatic heterocycles. The summed E-state index contributed by atoms with van der Waals surface area (Å²) < 4.78 is 15.1. The largest absolute Gasteiger partial charge is 0.206 e. The predicted octanol–water partition coefficient (Wildman–Crippen LogP) is 5.92. The van der Waals surface area contributed by atoms with Crippen molar-refractivity contribution in [3.8, 4) is 0 Å². The number of hydrogen-bond donors (Lipinski definition) is 0. The zero-order valence-electron chi connectivity index (χ0n) is 10.0. The van der Waals surface area contributed by atoms with Crippen molar-refractivity contribution in [3.63, 3.8) is 0 Å². The van der Waals surface area contributed by atoms with E-state index in [1.165, 1.54) is 6.07 Å². The van der Waals surface area contributed by atoms with E-state index in [4.69, 9.17) is 11.6 Å². The molecular weight excluding hydrogens is 394 g/mol. The van der Waals surface area contributed by atoms with Gasteiger partial charge in [-0.3, -0.25) is 0 Å². The van der Waals surface area contributed by atoms with Crippen LogP contribution < -0.4 is 0 Å². The molecule has 1 unspecified atom stereocenters. The summed E-state index contributed by atoms with van der Waals surface area (Å²) in [7, 11) is 0. The molecule has 0 aromatic heterocycles. The molecule has 0 bridgehead atoms. The summed E-state index contributed by atoms with van der Waals surface area (Å²) in [5, 5.41) is 0. The van der Waals surface area contributed by atoms with Crippen LogP contribution in [0.2, 0.25) is 0 Å². The van der Waals surface area contributed by atoms with E-state index >= 15 is 0 Å². The van der Waals surface area contributed by atoms with Crippen molar-refractivity contribution in [1.29, 1.82) is 0 Å². The van der Waals surface area contributed by atoms with Gasteiger partial charge in [0.25, 0.3) is 0 Å². The summed E-state index contributed by atoms with van der Waals surface area (Å²) in [5.41, 5.74) is 2.08. The van der Waals surface area contributed by atoms with E-state index < -0.39 is 0 Å². The van der Waals surface area contributed by atoms with Crippen LogP contribution in [0.1, 0.15) is 17.0 Å². The van der Waals surface area contributed by atoms with Crippen molar-refractivity contribution in [1.82, 2.24) is 0 Å². The fourth-order valence-electron chi connectivity index (χ4n) is 2.03. The Bertz CT molecular complexity index is 572. The number of benzene rings is 2. The molecule has 0 nitrogen and oxygen atoms in total. The second-order valence-electron chi connectivity index (χ2n) is 4.29. The third kappa shape index (κ3) is 3.59. The molecule has 0 saturated heterocycles. The molecule has 19 heavy (non-hydrogen) atoms. The van der Waals surface area contributed by atoms with Gasteiger partial charge in [0.1, 0.15) is 5.82 Å². The fourth-order valence-corrected chi connectivity index (χ4v) is 3.34. The molecule has 0 aliphatic carbocycles. The van der Waals surface area contributed by atoms with Crippen LogP contribution in [0.25, 0.3) is 0 Å². The molecule has 0 heterocycles. The summed E-state index contributed by atoms with van der Waals surface area (Å²) >= 11 is 12.9. The monoisotopic (exact) mass is 404 g/mol. The lowest BCUT2D eigenvalue weighted by molar-refractivity contribution is 0.615. The van der Waals surface area contributed by atoms with Crippen molar-refractivity contribution in [2.24, 2.45) is 0 Å². The third-order valence-electron chi connectivity index (χ3n) is 3.03. The van der Waals surface area contributed by atoms with Crippen molar-refractivity contribution in [3.05, 3.63) is 68.4 Å². The van der Waals surface area contributed by atoms with E-state index in [1.807, 2.05) is 30.3 Å². The zero-order valence-corrected chi connectivity index (χ0v) is 14.0. The Morgan fingerprint density at radius 2 is 1.79 bits per heavy atom. The van der Waals surface area contributed by atoms with Crippen molar-refractivity contribution < 1.29 is 4.39 Å². The van der Waals surface area contributed by atoms with Crippen molar-refractivity contribution >= 4 is 43.5 Å². The molecule has 2 aromatic rings. The summed E-state index contributed by atoms with van der Waals surface area (Å²) in [6, 6.07) is 13.1. The summed E-state index contributed by atoms with van der Waals surface area (Å²) in [5.74, 6) is 0.402. The molecule has 0 fully saturated rings. The van der Waals surface area contributed by atoms with Gasteiger partial charge in [0.2, 0.25) is 0 Å². The first-order valence-corrected chi connectivity index (χ1v) is 7.98. The minimum absolute atomic E-state index is 0.148. The van der Waals surface area contributed by atoms with Gasteiger partial charge in [-0.2, -0.15) is 0 Å². The van der Waals surface area contributed by atoms with Gasteiger partial charge in [-0.05, 0) is 45.6 Å². The molecule has 0 amide bonds. The maximum atomic E-state index is 13.5. The highest BCUT2D eigenvalue weighted by molar-refractivity contribution is 9.10. The van der Waals surface area contributed by atoms with Gasteiger partial charge in [0, 0.05) is 16.3 Å². The van der Waals surface area contributed by atoms with Gasteiger partial charge >= 0.3 is 0 Å². The van der Waals surface area contributed by atoms with Crippen LogP contribution in [0, 0.1) is 5.82 Å². The standard InChI is InChI=1S/C15H12Br2ClF/c16-13-6-2-1-5-12(13)11(9-18)8-10-4-3-7-14(19)15(10)17/h1-7,11H,8-9H2. The molecule has 4 heteroatoms. The van der Waals surface area contributed by atoms with Gasteiger partial charge in [-0.15, -0.1) is 11.6 Å². The summed E-state index contributed by atoms with van der Waals surface area (Å²) in [4.78, 5) is 0. The molecule has 1 atom stereocenters. The smallest absolute Gasteiger partial charge is 0.137 e. The first-order chi connectivity index (χ1) is 9.13. The molecule has 2 aromatic carbocycles. The fraction of sp³-hybridized carbons (Fsp3) is 0.200. The van der Waals surface area contributed by atoms with Gasteiger partial charge < -0.3 is 0 Å². The minimum Gasteiger partial charge on any atom is -0.206 e. The summed E-state index contributed by atoms with van der Waals surface area (Å²) in [6.45, 7) is 0. The SMILES string of the molecule is Fc1cccc(CC(CCl)c2ccccc2Br)c1Br. The van der Waals surface area contributed by atoms with Crippen LogP contribution in [0.4, 0.5) is 4.39 Å². The molecule has 0 radical (unpaired) electrons. The number of alkyl halides is 1. The van der Waals surface area contributed by atoms with Crippen LogP contribution in [0.3, 0.4) is 0 Å². The van der Waals surface area contributed by atoms with E-state index in [0.29, 0.717) is 16.8 Å². The average molecular weight is 407 g/mol. The molecule has 0 N–H and O–H groups in total. The van der Waals surface area contributed by atoms with E-state index in [-0.39, 0.29) is 11.7 Å². The lowest BCUT2D eigenvalue weighted by atomic mass is 9.93. The second kappa shape index (κ2) is 6.87. The maximum Gasteiger partial charge on any atom is 0.137 e. The van der Waals surface area contributed by atoms with Gasteiger partial charge in [0.15, 0.2) is 0 Å². The molecule has 100 valence electrons. The second-order valence-corrected chi connectivity index (χ2v) is 6.25. The highest BCUT2D eigenvalue weighted by Gasteiger charge is 2.16. The van der Waals surface area contributed by atoms with E-state index in [1.54, 1.807) is 6.07 Å². The van der Waals surface area contributed by atoms with Gasteiger partial charge in [0.05, 0.1) is 4.47 Å². The van der Waals surface area contributed by atoms with Crippen LogP contribution >= 0.6 is 43.5 Å². The Hall–Kier alpha value is -0.380. The van der Waals surface area contributed by atoms with E-state index in [0.717, 1.165) is 15.6 Å². The quantitative estimate of drug-likeness (QED) is 0.553. The van der Waals surface area contributed by atoms with Crippen LogP contribution in [-0.4, -0.2) is 5.88 Å². The summed E-state index contributed by atoms with van der Waals surface area (Å²) in [6.07, 6.45) is 0.699. The number of hydrogen-bond acceptors (Lipinski definition) is 0. The maximum absolute atomic E-state index is 13.5. The first kappa shape index (κ1) is 15.0. The van der Waals surface area contributed by atoms with Crippen LogP contribution in [0.5, 0.6) is 0 Å². The molecular formula is C15H12Br2ClF. The highest BCUT2D eigenvalue weighted by atomic mass is 79.9. The molecule has 0 saturated carbocycles. The van der Waals surface area contributed by atoms with Gasteiger partial charge in [-0.25, -0.2) is 4.39 Å². The highest BCUT2D eigenvalue weighted by Crippen LogP contribution is 2.31. The average Bonchev–Trinajstić information content (AvgIpc) is 2.41. The van der Waals surface area contributed by atoms with E-state index in [9.17, 15) is 4.39 Å². The Kier molecular flexibility index (Phi) is 5.43. The molecule has 0 spiro atoms. The first-order valence-electron chi connectivity index (χ1n) is 5.86. The molecule has 2 rings (SSSR count). The number of halogens is 4. The molecule has 0 aliphatic rings. The number of rotatable bonds is 4.